The molecule has 20 heavy (non-hydrogen) atoms. The lowest BCUT2D eigenvalue weighted by Crippen LogP contribution is -1.98. The fraction of sp³-hybridized carbons (Fsp3) is 0.231. The van der Waals surface area contributed by atoms with E-state index >= 15 is 0 Å². The number of aromatic nitrogens is 4. The Hall–Kier alpha value is -1.73. The molecular weight excluding hydrogens is 290 g/mol. The van der Waals surface area contributed by atoms with E-state index in [9.17, 15) is 0 Å². The minimum absolute atomic E-state index is 0.617. The Morgan fingerprint density at radius 2 is 1.85 bits per heavy atom. The van der Waals surface area contributed by atoms with Crippen LogP contribution in [0.15, 0.2) is 27.7 Å². The summed E-state index contributed by atoms with van der Waals surface area (Å²) in [5.41, 5.74) is 1.92. The number of aryl methyl sites for hydroxylation is 2. The smallest absolute Gasteiger partial charge is 0.224 e. The maximum Gasteiger partial charge on any atom is 0.224 e. The summed E-state index contributed by atoms with van der Waals surface area (Å²) in [6.07, 6.45) is 0. The summed E-state index contributed by atoms with van der Waals surface area (Å²) in [6, 6.07) is 3.99. The third-order valence-corrected chi connectivity index (χ3v) is 4.34. The van der Waals surface area contributed by atoms with E-state index in [1.165, 1.54) is 11.8 Å². The molecule has 3 aromatic heterocycles. The predicted molar refractivity (Wildman–Crippen MR) is 82.6 cm³/mol. The van der Waals surface area contributed by atoms with Crippen molar-refractivity contribution in [1.29, 1.82) is 0 Å². The third-order valence-electron chi connectivity index (χ3n) is 2.66. The number of anilines is 1. The van der Waals surface area contributed by atoms with Gasteiger partial charge in [0.1, 0.15) is 9.86 Å². The standard InChI is InChI=1S/C13H13N5S2/c1-7-6-8(2)16-13(15-7)20-11-9-4-5-19-10(9)17-12(14-3)18-11/h4-6H,1-3H3,(H,14,17,18). The molecule has 0 bridgehead atoms. The van der Waals surface area contributed by atoms with Crippen LogP contribution >= 0.6 is 23.1 Å². The average molecular weight is 303 g/mol. The molecule has 0 aliphatic carbocycles. The molecular formula is C13H13N5S2. The largest absolute Gasteiger partial charge is 0.357 e. The van der Waals surface area contributed by atoms with Gasteiger partial charge in [0.05, 0.1) is 0 Å². The molecule has 7 heteroatoms. The fourth-order valence-corrected chi connectivity index (χ4v) is 3.63. The molecule has 0 amide bonds. The first-order valence-electron chi connectivity index (χ1n) is 6.09. The van der Waals surface area contributed by atoms with Crippen LogP contribution in [0.1, 0.15) is 11.4 Å². The molecule has 0 fully saturated rings. The average Bonchev–Trinajstić information content (AvgIpc) is 2.85. The maximum atomic E-state index is 4.51. The predicted octanol–water partition coefficient (Wildman–Crippen LogP) is 3.29. The zero-order valence-electron chi connectivity index (χ0n) is 11.3. The van der Waals surface area contributed by atoms with Crippen molar-refractivity contribution >= 4 is 39.3 Å². The number of nitrogens with zero attached hydrogens (tertiary/aromatic N) is 4. The molecule has 3 heterocycles. The summed E-state index contributed by atoms with van der Waals surface area (Å²) in [4.78, 5) is 18.8. The van der Waals surface area contributed by atoms with Crippen LogP contribution in [0.3, 0.4) is 0 Å². The highest BCUT2D eigenvalue weighted by Crippen LogP contribution is 2.32. The normalized spacial score (nSPS) is 10.9. The number of hydrogen-bond acceptors (Lipinski definition) is 7. The quantitative estimate of drug-likeness (QED) is 0.592. The first-order valence-corrected chi connectivity index (χ1v) is 7.78. The SMILES string of the molecule is CNc1nc(Sc2nc(C)cc(C)n2)c2ccsc2n1. The monoisotopic (exact) mass is 303 g/mol. The third kappa shape index (κ3) is 2.59. The van der Waals surface area contributed by atoms with E-state index in [1.54, 1.807) is 11.3 Å². The van der Waals surface area contributed by atoms with E-state index in [4.69, 9.17) is 0 Å². The van der Waals surface area contributed by atoms with Gasteiger partial charge in [-0.2, -0.15) is 0 Å². The van der Waals surface area contributed by atoms with Crippen molar-refractivity contribution in [2.45, 2.75) is 24.0 Å². The summed E-state index contributed by atoms with van der Waals surface area (Å²) in [7, 11) is 1.82. The Morgan fingerprint density at radius 3 is 2.55 bits per heavy atom. The Bertz CT molecular complexity index is 748. The van der Waals surface area contributed by atoms with Crippen LogP contribution in [0.2, 0.25) is 0 Å². The van der Waals surface area contributed by atoms with E-state index in [0.29, 0.717) is 5.95 Å². The van der Waals surface area contributed by atoms with Gasteiger partial charge in [-0.3, -0.25) is 0 Å². The molecule has 0 aliphatic heterocycles. The molecule has 0 spiro atoms. The van der Waals surface area contributed by atoms with E-state index in [-0.39, 0.29) is 0 Å². The highest BCUT2D eigenvalue weighted by molar-refractivity contribution is 7.99. The van der Waals surface area contributed by atoms with Gasteiger partial charge in [0.15, 0.2) is 5.16 Å². The van der Waals surface area contributed by atoms with E-state index < -0.39 is 0 Å². The zero-order chi connectivity index (χ0) is 14.1. The van der Waals surface area contributed by atoms with Crippen LogP contribution < -0.4 is 5.32 Å². The van der Waals surface area contributed by atoms with Crippen molar-refractivity contribution in [3.63, 3.8) is 0 Å². The molecule has 0 unspecified atom stereocenters. The molecule has 0 aliphatic rings. The van der Waals surface area contributed by atoms with Crippen LogP contribution in [-0.4, -0.2) is 27.0 Å². The van der Waals surface area contributed by atoms with Gasteiger partial charge < -0.3 is 5.32 Å². The highest BCUT2D eigenvalue weighted by atomic mass is 32.2. The number of nitrogens with one attached hydrogen (secondary N) is 1. The molecule has 5 nitrogen and oxygen atoms in total. The Morgan fingerprint density at radius 1 is 1.10 bits per heavy atom. The van der Waals surface area contributed by atoms with Crippen LogP contribution in [-0.2, 0) is 0 Å². The summed E-state index contributed by atoms with van der Waals surface area (Å²) >= 11 is 3.08. The molecule has 0 saturated carbocycles. The summed E-state index contributed by atoms with van der Waals surface area (Å²) in [5.74, 6) is 0.617. The Balaban J connectivity index is 2.07. The van der Waals surface area contributed by atoms with E-state index in [0.717, 1.165) is 31.8 Å². The number of thiophene rings is 1. The minimum atomic E-state index is 0.617. The number of rotatable bonds is 3. The molecule has 102 valence electrons. The van der Waals surface area contributed by atoms with Crippen molar-refractivity contribution in [3.05, 3.63) is 28.9 Å². The number of hydrogen-bond donors (Lipinski definition) is 1. The van der Waals surface area contributed by atoms with Gasteiger partial charge in [0, 0.05) is 23.8 Å². The van der Waals surface area contributed by atoms with Crippen LogP contribution in [0.4, 0.5) is 5.95 Å². The lowest BCUT2D eigenvalue weighted by atomic mass is 10.4. The fourth-order valence-electron chi connectivity index (χ4n) is 1.84. The molecule has 1 N–H and O–H groups in total. The molecule has 0 saturated heterocycles. The van der Waals surface area contributed by atoms with Crippen molar-refractivity contribution in [2.75, 3.05) is 12.4 Å². The lowest BCUT2D eigenvalue weighted by molar-refractivity contribution is 0.899. The van der Waals surface area contributed by atoms with Crippen molar-refractivity contribution < 1.29 is 0 Å². The van der Waals surface area contributed by atoms with E-state index in [1.807, 2.05) is 38.4 Å². The zero-order valence-corrected chi connectivity index (χ0v) is 13.0. The minimum Gasteiger partial charge on any atom is -0.357 e. The van der Waals surface area contributed by atoms with Gasteiger partial charge in [-0.25, -0.2) is 19.9 Å². The van der Waals surface area contributed by atoms with Gasteiger partial charge in [-0.15, -0.1) is 11.3 Å². The number of fused-ring (bicyclic) bond motifs is 1. The summed E-state index contributed by atoms with van der Waals surface area (Å²) in [5, 5.41) is 7.65. The second-order valence-electron chi connectivity index (χ2n) is 4.28. The van der Waals surface area contributed by atoms with Crippen molar-refractivity contribution in [2.24, 2.45) is 0 Å². The molecule has 0 atom stereocenters. The van der Waals surface area contributed by atoms with Gasteiger partial charge in [-0.05, 0) is 43.1 Å². The molecule has 3 aromatic rings. The molecule has 0 radical (unpaired) electrons. The molecule has 0 aromatic carbocycles. The first kappa shape index (κ1) is 13.3. The highest BCUT2D eigenvalue weighted by Gasteiger charge is 2.11. The van der Waals surface area contributed by atoms with Crippen LogP contribution in [0.5, 0.6) is 0 Å². The second-order valence-corrected chi connectivity index (χ2v) is 6.13. The molecule has 3 rings (SSSR count). The van der Waals surface area contributed by atoms with Crippen molar-refractivity contribution in [1.82, 2.24) is 19.9 Å². The summed E-state index contributed by atoms with van der Waals surface area (Å²) in [6.45, 7) is 3.94. The van der Waals surface area contributed by atoms with Gasteiger partial charge in [0.25, 0.3) is 0 Å². The van der Waals surface area contributed by atoms with Crippen molar-refractivity contribution in [3.8, 4) is 0 Å². The lowest BCUT2D eigenvalue weighted by Gasteiger charge is -2.05. The first-order chi connectivity index (χ1) is 9.65. The summed E-state index contributed by atoms with van der Waals surface area (Å²) < 4.78 is 0. The second kappa shape index (κ2) is 5.34. The van der Waals surface area contributed by atoms with Gasteiger partial charge >= 0.3 is 0 Å². The van der Waals surface area contributed by atoms with E-state index in [2.05, 4.69) is 25.3 Å². The van der Waals surface area contributed by atoms with Gasteiger partial charge in [0.2, 0.25) is 5.95 Å². The van der Waals surface area contributed by atoms with Crippen LogP contribution in [0, 0.1) is 13.8 Å². The van der Waals surface area contributed by atoms with Gasteiger partial charge in [-0.1, -0.05) is 0 Å². The topological polar surface area (TPSA) is 63.6 Å². The maximum absolute atomic E-state index is 4.51. The van der Waals surface area contributed by atoms with Crippen LogP contribution in [0.25, 0.3) is 10.2 Å². The Kier molecular flexibility index (Phi) is 3.54. The Labute approximate surface area is 124 Å².